The van der Waals surface area contributed by atoms with Gasteiger partial charge in [-0.1, -0.05) is 34.5 Å². The summed E-state index contributed by atoms with van der Waals surface area (Å²) in [6.45, 7) is 2.30. The molecule has 2 heterocycles. The fraction of sp³-hybridized carbons (Fsp3) is 0.333. The predicted octanol–water partition coefficient (Wildman–Crippen LogP) is 3.40. The van der Waals surface area contributed by atoms with Gasteiger partial charge in [-0.3, -0.25) is 14.9 Å². The Hall–Kier alpha value is -1.70. The summed E-state index contributed by atoms with van der Waals surface area (Å²) in [7, 11) is 0. The highest BCUT2D eigenvalue weighted by Gasteiger charge is 2.35. The van der Waals surface area contributed by atoms with Gasteiger partial charge in [-0.2, -0.15) is 0 Å². The first-order valence-electron chi connectivity index (χ1n) is 7.32. The molecule has 0 aliphatic carbocycles. The van der Waals surface area contributed by atoms with E-state index in [2.05, 4.69) is 15.5 Å². The number of amides is 2. The Kier molecular flexibility index (Phi) is 5.03. The van der Waals surface area contributed by atoms with E-state index < -0.39 is 6.04 Å². The average molecular weight is 385 g/mol. The lowest BCUT2D eigenvalue weighted by Gasteiger charge is -2.24. The van der Waals surface area contributed by atoms with E-state index in [4.69, 9.17) is 23.2 Å². The molecule has 0 radical (unpaired) electrons. The van der Waals surface area contributed by atoms with E-state index in [1.165, 1.54) is 22.3 Å². The third kappa shape index (κ3) is 3.53. The van der Waals surface area contributed by atoms with Gasteiger partial charge in [0.05, 0.1) is 10.6 Å². The fourth-order valence-electron chi connectivity index (χ4n) is 2.63. The van der Waals surface area contributed by atoms with Crippen molar-refractivity contribution in [3.05, 3.63) is 38.8 Å². The van der Waals surface area contributed by atoms with Gasteiger partial charge in [-0.05, 0) is 38.0 Å². The number of carbonyl (C=O) groups excluding carboxylic acids is 2. The molecule has 3 rings (SSSR count). The van der Waals surface area contributed by atoms with Crippen molar-refractivity contribution in [3.63, 3.8) is 0 Å². The molecule has 0 spiro atoms. The molecule has 0 unspecified atom stereocenters. The van der Waals surface area contributed by atoms with Crippen LogP contribution >= 0.6 is 34.5 Å². The minimum atomic E-state index is -0.559. The Balaban J connectivity index is 1.78. The molecule has 2 amide bonds. The summed E-state index contributed by atoms with van der Waals surface area (Å²) >= 11 is 13.3. The van der Waals surface area contributed by atoms with Crippen molar-refractivity contribution < 1.29 is 9.59 Å². The molecule has 6 nitrogen and oxygen atoms in total. The first-order chi connectivity index (χ1) is 11.5. The molecule has 1 aromatic carbocycles. The lowest BCUT2D eigenvalue weighted by molar-refractivity contribution is -0.119. The number of likely N-dealkylation sites (tertiary alicyclic amines) is 1. The Morgan fingerprint density at radius 1 is 1.33 bits per heavy atom. The van der Waals surface area contributed by atoms with E-state index in [1.54, 1.807) is 19.1 Å². The van der Waals surface area contributed by atoms with Gasteiger partial charge >= 0.3 is 0 Å². The standard InChI is InChI=1S/C15H14Cl2N4O2S/c1-8-19-20-15(24-8)18-13(22)12-3-2-6-21(12)14(23)10-7-9(16)4-5-11(10)17/h4-5,7,12H,2-3,6H2,1H3,(H,18,20,22)/t12-/m0/s1. The summed E-state index contributed by atoms with van der Waals surface area (Å²) in [5, 5.41) is 12.4. The Bertz CT molecular complexity index is 796. The van der Waals surface area contributed by atoms with Gasteiger partial charge in [0.15, 0.2) is 0 Å². The molecule has 126 valence electrons. The van der Waals surface area contributed by atoms with Crippen LogP contribution in [-0.4, -0.2) is 39.5 Å². The van der Waals surface area contributed by atoms with Crippen LogP contribution in [0.15, 0.2) is 18.2 Å². The Morgan fingerprint density at radius 3 is 2.83 bits per heavy atom. The Labute approximate surface area is 152 Å². The predicted molar refractivity (Wildman–Crippen MR) is 93.8 cm³/mol. The number of benzene rings is 1. The van der Waals surface area contributed by atoms with E-state index in [1.807, 2.05) is 0 Å². The van der Waals surface area contributed by atoms with Crippen LogP contribution in [0.5, 0.6) is 0 Å². The number of hydrogen-bond donors (Lipinski definition) is 1. The molecule has 1 saturated heterocycles. The zero-order chi connectivity index (χ0) is 17.3. The number of anilines is 1. The second-order valence-corrected chi connectivity index (χ2v) is 7.42. The van der Waals surface area contributed by atoms with Gasteiger partial charge < -0.3 is 4.90 Å². The van der Waals surface area contributed by atoms with E-state index in [0.717, 1.165) is 11.4 Å². The molecule has 0 saturated carbocycles. The molecule has 2 aromatic rings. The zero-order valence-corrected chi connectivity index (χ0v) is 15.1. The largest absolute Gasteiger partial charge is 0.327 e. The van der Waals surface area contributed by atoms with Crippen molar-refractivity contribution in [1.82, 2.24) is 15.1 Å². The van der Waals surface area contributed by atoms with Crippen LogP contribution in [0.1, 0.15) is 28.2 Å². The van der Waals surface area contributed by atoms with Crippen LogP contribution in [0.4, 0.5) is 5.13 Å². The molecule has 1 atom stereocenters. The zero-order valence-electron chi connectivity index (χ0n) is 12.8. The number of aromatic nitrogens is 2. The monoisotopic (exact) mass is 384 g/mol. The van der Waals surface area contributed by atoms with Crippen molar-refractivity contribution in [2.45, 2.75) is 25.8 Å². The maximum Gasteiger partial charge on any atom is 0.256 e. The summed E-state index contributed by atoms with van der Waals surface area (Å²) in [6.07, 6.45) is 1.34. The van der Waals surface area contributed by atoms with Crippen molar-refractivity contribution in [3.8, 4) is 0 Å². The highest BCUT2D eigenvalue weighted by molar-refractivity contribution is 7.15. The minimum Gasteiger partial charge on any atom is -0.327 e. The van der Waals surface area contributed by atoms with Gasteiger partial charge in [-0.25, -0.2) is 0 Å². The third-order valence-corrected chi connectivity index (χ3v) is 5.05. The number of carbonyl (C=O) groups is 2. The van der Waals surface area contributed by atoms with Crippen LogP contribution in [0.25, 0.3) is 0 Å². The number of aryl methyl sites for hydroxylation is 1. The molecule has 1 N–H and O–H groups in total. The molecule has 9 heteroatoms. The Morgan fingerprint density at radius 2 is 2.12 bits per heavy atom. The maximum atomic E-state index is 12.8. The molecular weight excluding hydrogens is 371 g/mol. The van der Waals surface area contributed by atoms with E-state index in [-0.39, 0.29) is 11.8 Å². The number of nitrogens with one attached hydrogen (secondary N) is 1. The fourth-order valence-corrected chi connectivity index (χ4v) is 3.60. The molecular formula is C15H14Cl2N4O2S. The number of rotatable bonds is 3. The molecule has 1 aromatic heterocycles. The molecule has 0 bridgehead atoms. The second-order valence-electron chi connectivity index (χ2n) is 5.40. The van der Waals surface area contributed by atoms with E-state index >= 15 is 0 Å². The van der Waals surface area contributed by atoms with Crippen molar-refractivity contribution >= 4 is 51.5 Å². The van der Waals surface area contributed by atoms with Crippen LogP contribution < -0.4 is 5.32 Å². The summed E-state index contributed by atoms with van der Waals surface area (Å²) in [5.41, 5.74) is 0.302. The first kappa shape index (κ1) is 17.1. The molecule has 1 fully saturated rings. The average Bonchev–Trinajstić information content (AvgIpc) is 3.18. The lowest BCUT2D eigenvalue weighted by Crippen LogP contribution is -2.43. The normalized spacial score (nSPS) is 17.1. The first-order valence-corrected chi connectivity index (χ1v) is 8.90. The summed E-state index contributed by atoms with van der Waals surface area (Å²) in [6, 6.07) is 4.16. The quantitative estimate of drug-likeness (QED) is 0.879. The van der Waals surface area contributed by atoms with Gasteiger partial charge in [0.2, 0.25) is 11.0 Å². The summed E-state index contributed by atoms with van der Waals surface area (Å²) < 4.78 is 0. The smallest absolute Gasteiger partial charge is 0.256 e. The highest BCUT2D eigenvalue weighted by atomic mass is 35.5. The van der Waals surface area contributed by atoms with Gasteiger partial charge in [0, 0.05) is 11.6 Å². The van der Waals surface area contributed by atoms with Gasteiger partial charge in [0.1, 0.15) is 11.0 Å². The number of halogens is 2. The lowest BCUT2D eigenvalue weighted by atomic mass is 10.1. The third-order valence-electron chi connectivity index (χ3n) is 3.73. The SMILES string of the molecule is Cc1nnc(NC(=O)[C@@H]2CCCN2C(=O)c2cc(Cl)ccc2Cl)s1. The molecule has 1 aliphatic heterocycles. The summed E-state index contributed by atoms with van der Waals surface area (Å²) in [4.78, 5) is 26.8. The molecule has 24 heavy (non-hydrogen) atoms. The van der Waals surface area contributed by atoms with Crippen molar-refractivity contribution in [2.75, 3.05) is 11.9 Å². The second kappa shape index (κ2) is 7.04. The minimum absolute atomic E-state index is 0.268. The summed E-state index contributed by atoms with van der Waals surface area (Å²) in [5.74, 6) is -0.566. The number of hydrogen-bond acceptors (Lipinski definition) is 5. The van der Waals surface area contributed by atoms with Crippen LogP contribution in [0.2, 0.25) is 10.0 Å². The van der Waals surface area contributed by atoms with Crippen LogP contribution in [0.3, 0.4) is 0 Å². The highest BCUT2D eigenvalue weighted by Crippen LogP contribution is 2.27. The number of nitrogens with zero attached hydrogens (tertiary/aromatic N) is 3. The van der Waals surface area contributed by atoms with E-state index in [0.29, 0.717) is 33.7 Å². The van der Waals surface area contributed by atoms with Crippen molar-refractivity contribution in [2.24, 2.45) is 0 Å². The maximum absolute atomic E-state index is 12.8. The topological polar surface area (TPSA) is 75.2 Å². The van der Waals surface area contributed by atoms with Crippen LogP contribution in [0, 0.1) is 6.92 Å². The van der Waals surface area contributed by atoms with Gasteiger partial charge in [-0.15, -0.1) is 10.2 Å². The van der Waals surface area contributed by atoms with Gasteiger partial charge in [0.25, 0.3) is 5.91 Å². The van der Waals surface area contributed by atoms with Crippen LogP contribution in [-0.2, 0) is 4.79 Å². The molecule has 1 aliphatic rings. The van der Waals surface area contributed by atoms with E-state index in [9.17, 15) is 9.59 Å². The van der Waals surface area contributed by atoms with Crippen molar-refractivity contribution in [1.29, 1.82) is 0 Å².